The van der Waals surface area contributed by atoms with Crippen molar-refractivity contribution in [3.05, 3.63) is 52.7 Å². The van der Waals surface area contributed by atoms with Crippen molar-refractivity contribution in [3.63, 3.8) is 0 Å². The molecule has 2 N–H and O–H groups in total. The van der Waals surface area contributed by atoms with Gasteiger partial charge in [-0.25, -0.2) is 9.37 Å². The van der Waals surface area contributed by atoms with Gasteiger partial charge < -0.3 is 10.4 Å². The molecule has 1 atom stereocenters. The standard InChI is InChI=1S/C16H12F7N3O/c17-11-4-9(15(18,19)20)5-25-13(11)26-14(7-27)2-1-8-3-12(16(21,22)23)24-6-10(8)14/h3-6,27H,1-2,7H2,(H,25,26)/t14-/m1/s1. The van der Waals surface area contributed by atoms with E-state index in [-0.39, 0.29) is 30.0 Å². The van der Waals surface area contributed by atoms with Crippen molar-refractivity contribution in [1.82, 2.24) is 9.97 Å². The Morgan fingerprint density at radius 1 is 1.04 bits per heavy atom. The highest BCUT2D eigenvalue weighted by molar-refractivity contribution is 5.49. The fraction of sp³-hybridized carbons (Fsp3) is 0.375. The second-order valence-electron chi connectivity index (χ2n) is 6.14. The summed E-state index contributed by atoms with van der Waals surface area (Å²) in [6.07, 6.45) is -7.85. The third-order valence-electron chi connectivity index (χ3n) is 4.41. The molecule has 1 aliphatic rings. The topological polar surface area (TPSA) is 58.0 Å². The van der Waals surface area contributed by atoms with E-state index in [0.29, 0.717) is 6.20 Å². The number of hydrogen-bond acceptors (Lipinski definition) is 4. The number of fused-ring (bicyclic) bond motifs is 1. The summed E-state index contributed by atoms with van der Waals surface area (Å²) in [5.74, 6) is -1.85. The summed E-state index contributed by atoms with van der Waals surface area (Å²) < 4.78 is 90.3. The van der Waals surface area contributed by atoms with E-state index in [1.165, 1.54) is 0 Å². The van der Waals surface area contributed by atoms with Gasteiger partial charge in [-0.05, 0) is 30.5 Å². The maximum absolute atomic E-state index is 14.1. The molecule has 11 heteroatoms. The molecule has 0 spiro atoms. The van der Waals surface area contributed by atoms with E-state index in [2.05, 4.69) is 15.3 Å². The van der Waals surface area contributed by atoms with Crippen molar-refractivity contribution in [2.75, 3.05) is 11.9 Å². The lowest BCUT2D eigenvalue weighted by molar-refractivity contribution is -0.141. The van der Waals surface area contributed by atoms with Gasteiger partial charge in [0.1, 0.15) is 5.69 Å². The Morgan fingerprint density at radius 2 is 1.74 bits per heavy atom. The molecule has 2 aromatic rings. The van der Waals surface area contributed by atoms with Gasteiger partial charge >= 0.3 is 12.4 Å². The molecule has 3 rings (SSSR count). The zero-order valence-corrected chi connectivity index (χ0v) is 13.4. The Hall–Kier alpha value is -2.43. The van der Waals surface area contributed by atoms with Gasteiger partial charge in [-0.1, -0.05) is 0 Å². The first-order chi connectivity index (χ1) is 12.5. The predicted molar refractivity (Wildman–Crippen MR) is 79.1 cm³/mol. The molecule has 0 fully saturated rings. The van der Waals surface area contributed by atoms with Crippen LogP contribution in [0.1, 0.15) is 28.8 Å². The molecule has 1 aliphatic carbocycles. The van der Waals surface area contributed by atoms with Crippen molar-refractivity contribution in [1.29, 1.82) is 0 Å². The molecule has 4 nitrogen and oxygen atoms in total. The zero-order chi connectivity index (χ0) is 20.0. The Labute approximate surface area is 148 Å². The van der Waals surface area contributed by atoms with Crippen LogP contribution in [0.3, 0.4) is 0 Å². The minimum absolute atomic E-state index is 0.0873. The summed E-state index contributed by atoms with van der Waals surface area (Å²) in [5, 5.41) is 12.3. The molecule has 0 aliphatic heterocycles. The van der Waals surface area contributed by atoms with E-state index in [1.807, 2.05) is 0 Å². The maximum Gasteiger partial charge on any atom is 0.433 e. The van der Waals surface area contributed by atoms with Crippen molar-refractivity contribution in [2.45, 2.75) is 30.7 Å². The normalized spacial score (nSPS) is 19.9. The molecular formula is C16H12F7N3O. The largest absolute Gasteiger partial charge is 0.433 e. The fourth-order valence-electron chi connectivity index (χ4n) is 3.02. The molecule has 2 aromatic heterocycles. The quantitative estimate of drug-likeness (QED) is 0.775. The van der Waals surface area contributed by atoms with Gasteiger partial charge in [0.2, 0.25) is 0 Å². The molecule has 0 saturated heterocycles. The maximum atomic E-state index is 14.1. The van der Waals surface area contributed by atoms with Crippen LogP contribution in [-0.2, 0) is 24.3 Å². The van der Waals surface area contributed by atoms with Gasteiger partial charge in [0, 0.05) is 18.0 Å². The molecule has 0 radical (unpaired) electrons. The summed E-state index contributed by atoms with van der Waals surface area (Å²) in [6, 6.07) is 1.09. The number of aromatic nitrogens is 2. The molecule has 27 heavy (non-hydrogen) atoms. The first-order valence-corrected chi connectivity index (χ1v) is 7.65. The minimum atomic E-state index is -4.78. The summed E-state index contributed by atoms with van der Waals surface area (Å²) in [4.78, 5) is 6.75. The Kier molecular flexibility index (Phi) is 4.53. The lowest BCUT2D eigenvalue weighted by Crippen LogP contribution is -2.38. The Morgan fingerprint density at radius 3 is 2.30 bits per heavy atom. The van der Waals surface area contributed by atoms with Gasteiger partial charge in [0.05, 0.1) is 17.7 Å². The average Bonchev–Trinajstić information content (AvgIpc) is 2.93. The number of anilines is 1. The molecule has 0 unspecified atom stereocenters. The highest BCUT2D eigenvalue weighted by Crippen LogP contribution is 2.41. The van der Waals surface area contributed by atoms with Crippen LogP contribution < -0.4 is 5.32 Å². The molecule has 0 bridgehead atoms. The number of aliphatic hydroxyl groups excluding tert-OH is 1. The summed E-state index contributed by atoms with van der Waals surface area (Å²) >= 11 is 0. The summed E-state index contributed by atoms with van der Waals surface area (Å²) in [5.41, 5.74) is -3.33. The number of nitrogens with one attached hydrogen (secondary N) is 1. The molecule has 0 saturated carbocycles. The number of nitrogens with zero attached hydrogens (tertiary/aromatic N) is 2. The molecule has 0 aromatic carbocycles. The van der Waals surface area contributed by atoms with Crippen LogP contribution in [0.4, 0.5) is 36.6 Å². The SMILES string of the molecule is OC[C@]1(Nc2ncc(C(F)(F)F)cc2F)CCc2cc(C(F)(F)F)ncc21. The predicted octanol–water partition coefficient (Wildman–Crippen LogP) is 3.90. The number of aliphatic hydroxyl groups is 1. The molecule has 146 valence electrons. The van der Waals surface area contributed by atoms with Crippen molar-refractivity contribution in [3.8, 4) is 0 Å². The van der Waals surface area contributed by atoms with Crippen LogP contribution in [0.5, 0.6) is 0 Å². The van der Waals surface area contributed by atoms with E-state index in [0.717, 1.165) is 12.3 Å². The third kappa shape index (κ3) is 3.55. The Balaban J connectivity index is 1.96. The second-order valence-corrected chi connectivity index (χ2v) is 6.14. The molecular weight excluding hydrogens is 383 g/mol. The van der Waals surface area contributed by atoms with E-state index >= 15 is 0 Å². The second kappa shape index (κ2) is 6.32. The fourth-order valence-corrected chi connectivity index (χ4v) is 3.02. The third-order valence-corrected chi connectivity index (χ3v) is 4.41. The van der Waals surface area contributed by atoms with Gasteiger partial charge in [-0.2, -0.15) is 26.3 Å². The zero-order valence-electron chi connectivity index (χ0n) is 13.4. The minimum Gasteiger partial charge on any atom is -0.394 e. The van der Waals surface area contributed by atoms with Crippen LogP contribution in [0, 0.1) is 5.82 Å². The van der Waals surface area contributed by atoms with Crippen LogP contribution in [0.25, 0.3) is 0 Å². The van der Waals surface area contributed by atoms with E-state index in [1.54, 1.807) is 0 Å². The van der Waals surface area contributed by atoms with Crippen LogP contribution in [0.15, 0.2) is 24.5 Å². The van der Waals surface area contributed by atoms with Gasteiger partial charge in [-0.3, -0.25) is 4.98 Å². The highest BCUT2D eigenvalue weighted by Gasteiger charge is 2.42. The monoisotopic (exact) mass is 395 g/mol. The van der Waals surface area contributed by atoms with Crippen molar-refractivity contribution in [2.24, 2.45) is 0 Å². The van der Waals surface area contributed by atoms with Gasteiger partial charge in [0.15, 0.2) is 11.6 Å². The smallest absolute Gasteiger partial charge is 0.394 e. The van der Waals surface area contributed by atoms with E-state index in [9.17, 15) is 35.8 Å². The summed E-state index contributed by atoms with van der Waals surface area (Å²) in [6.45, 7) is -0.644. The number of alkyl halides is 6. The number of halogens is 7. The lowest BCUT2D eigenvalue weighted by atomic mass is 9.93. The van der Waals surface area contributed by atoms with Crippen LogP contribution in [-0.4, -0.2) is 21.7 Å². The van der Waals surface area contributed by atoms with E-state index in [4.69, 9.17) is 0 Å². The van der Waals surface area contributed by atoms with Gasteiger partial charge in [0.25, 0.3) is 0 Å². The number of aryl methyl sites for hydroxylation is 1. The first kappa shape index (κ1) is 19.3. The van der Waals surface area contributed by atoms with Crippen LogP contribution >= 0.6 is 0 Å². The van der Waals surface area contributed by atoms with Crippen LogP contribution in [0.2, 0.25) is 0 Å². The number of rotatable bonds is 3. The lowest BCUT2D eigenvalue weighted by Gasteiger charge is -2.30. The Bertz CT molecular complexity index is 866. The number of hydrogen-bond donors (Lipinski definition) is 2. The average molecular weight is 395 g/mol. The summed E-state index contributed by atoms with van der Waals surface area (Å²) in [7, 11) is 0. The molecule has 0 amide bonds. The first-order valence-electron chi connectivity index (χ1n) is 7.65. The van der Waals surface area contributed by atoms with Crippen molar-refractivity contribution < 1.29 is 35.8 Å². The highest BCUT2D eigenvalue weighted by atomic mass is 19.4. The van der Waals surface area contributed by atoms with E-state index < -0.39 is 47.4 Å². The van der Waals surface area contributed by atoms with Crippen molar-refractivity contribution >= 4 is 5.82 Å². The molecule has 2 heterocycles. The van der Waals surface area contributed by atoms with Gasteiger partial charge in [-0.15, -0.1) is 0 Å². The number of pyridine rings is 2.